The Balaban J connectivity index is 2.10. The van der Waals surface area contributed by atoms with Crippen molar-refractivity contribution in [2.45, 2.75) is 40.2 Å². The molecule has 0 saturated heterocycles. The van der Waals surface area contributed by atoms with E-state index in [0.29, 0.717) is 25.1 Å². The number of rotatable bonds is 4. The number of hydrogen-bond donors (Lipinski definition) is 1. The van der Waals surface area contributed by atoms with E-state index in [1.54, 1.807) is 11.9 Å². The summed E-state index contributed by atoms with van der Waals surface area (Å²) in [6.07, 6.45) is 1.21. The third-order valence-electron chi connectivity index (χ3n) is 4.39. The van der Waals surface area contributed by atoms with Crippen LogP contribution in [0.4, 0.5) is 0 Å². The highest BCUT2D eigenvalue weighted by Crippen LogP contribution is 2.37. The van der Waals surface area contributed by atoms with E-state index in [2.05, 4.69) is 5.16 Å². The van der Waals surface area contributed by atoms with Gasteiger partial charge in [-0.25, -0.2) is 0 Å². The predicted octanol–water partition coefficient (Wildman–Crippen LogP) is 2.00. The summed E-state index contributed by atoms with van der Waals surface area (Å²) in [4.78, 5) is 25.5. The molecule has 1 aromatic rings. The summed E-state index contributed by atoms with van der Waals surface area (Å²) >= 11 is 0. The number of carboxylic acids is 1. The molecule has 2 rings (SSSR count). The first-order valence-electron chi connectivity index (χ1n) is 7.20. The van der Waals surface area contributed by atoms with Crippen LogP contribution in [0.1, 0.15) is 36.8 Å². The maximum absolute atomic E-state index is 12.6. The van der Waals surface area contributed by atoms with Crippen LogP contribution in [-0.4, -0.2) is 34.1 Å². The molecule has 6 nitrogen and oxygen atoms in total. The van der Waals surface area contributed by atoms with Gasteiger partial charge in [0.25, 0.3) is 0 Å². The Morgan fingerprint density at radius 1 is 1.33 bits per heavy atom. The number of aromatic nitrogens is 1. The zero-order valence-corrected chi connectivity index (χ0v) is 12.9. The lowest BCUT2D eigenvalue weighted by Crippen LogP contribution is -2.36. The first-order chi connectivity index (χ1) is 9.81. The van der Waals surface area contributed by atoms with Gasteiger partial charge in [0.1, 0.15) is 5.76 Å². The molecular formula is C15H22N2O4. The van der Waals surface area contributed by atoms with Crippen molar-refractivity contribution in [3.05, 3.63) is 17.0 Å². The molecule has 0 aromatic carbocycles. The maximum atomic E-state index is 12.6. The van der Waals surface area contributed by atoms with Crippen molar-refractivity contribution < 1.29 is 19.2 Å². The minimum atomic E-state index is -0.872. The average molecular weight is 294 g/mol. The van der Waals surface area contributed by atoms with Crippen molar-refractivity contribution in [3.63, 3.8) is 0 Å². The fourth-order valence-electron chi connectivity index (χ4n) is 3.16. The van der Waals surface area contributed by atoms with E-state index in [-0.39, 0.29) is 11.8 Å². The van der Waals surface area contributed by atoms with Crippen molar-refractivity contribution in [1.82, 2.24) is 10.1 Å². The Morgan fingerprint density at radius 2 is 1.95 bits per heavy atom. The van der Waals surface area contributed by atoms with Crippen LogP contribution in [0.25, 0.3) is 0 Å². The second-order valence-electron chi connectivity index (χ2n) is 6.12. The molecule has 116 valence electrons. The van der Waals surface area contributed by atoms with Crippen LogP contribution in [-0.2, 0) is 16.1 Å². The number of amides is 1. The lowest BCUT2D eigenvalue weighted by molar-refractivity contribution is -0.148. The van der Waals surface area contributed by atoms with Crippen molar-refractivity contribution in [2.24, 2.45) is 17.8 Å². The molecule has 0 radical (unpaired) electrons. The monoisotopic (exact) mass is 294 g/mol. The number of aryl methyl sites for hydroxylation is 2. The van der Waals surface area contributed by atoms with Crippen molar-refractivity contribution >= 4 is 11.9 Å². The molecule has 1 N–H and O–H groups in total. The molecule has 1 aromatic heterocycles. The quantitative estimate of drug-likeness (QED) is 0.918. The largest absolute Gasteiger partial charge is 0.481 e. The molecule has 1 aliphatic carbocycles. The van der Waals surface area contributed by atoms with E-state index in [4.69, 9.17) is 4.52 Å². The Labute approximate surface area is 124 Å². The van der Waals surface area contributed by atoms with Crippen LogP contribution >= 0.6 is 0 Å². The lowest BCUT2D eigenvalue weighted by atomic mass is 9.94. The topological polar surface area (TPSA) is 83.6 Å². The molecule has 6 heteroatoms. The van der Waals surface area contributed by atoms with E-state index in [0.717, 1.165) is 11.3 Å². The van der Waals surface area contributed by atoms with Crippen LogP contribution in [0.2, 0.25) is 0 Å². The highest BCUT2D eigenvalue weighted by atomic mass is 16.5. The number of aliphatic carboxylic acids is 1. The second-order valence-corrected chi connectivity index (χ2v) is 6.12. The molecule has 1 amide bonds. The van der Waals surface area contributed by atoms with Crippen molar-refractivity contribution in [1.29, 1.82) is 0 Å². The third-order valence-corrected chi connectivity index (χ3v) is 4.39. The van der Waals surface area contributed by atoms with Gasteiger partial charge in [0, 0.05) is 12.6 Å². The van der Waals surface area contributed by atoms with E-state index < -0.39 is 17.8 Å². The normalized spacial score (nSPS) is 25.0. The summed E-state index contributed by atoms with van der Waals surface area (Å²) in [6, 6.07) is 0. The van der Waals surface area contributed by atoms with Gasteiger partial charge in [0.2, 0.25) is 5.91 Å². The molecule has 0 aliphatic heterocycles. The van der Waals surface area contributed by atoms with Crippen LogP contribution in [0.5, 0.6) is 0 Å². The SMILES string of the molecule is Cc1noc(C)c1CN(C)C(=O)[C@H]1CC(C)C[C@H]1C(=O)O. The van der Waals surface area contributed by atoms with Gasteiger partial charge >= 0.3 is 5.97 Å². The Bertz CT molecular complexity index is 532. The molecule has 1 fully saturated rings. The van der Waals surface area contributed by atoms with Gasteiger partial charge in [0.15, 0.2) is 0 Å². The molecular weight excluding hydrogens is 272 g/mol. The van der Waals surface area contributed by atoms with Gasteiger partial charge in [-0.1, -0.05) is 12.1 Å². The number of hydrogen-bond acceptors (Lipinski definition) is 4. The second kappa shape index (κ2) is 5.87. The number of carboxylic acid groups (broad SMARTS) is 1. The van der Waals surface area contributed by atoms with E-state index >= 15 is 0 Å². The van der Waals surface area contributed by atoms with Gasteiger partial charge in [-0.15, -0.1) is 0 Å². The Kier molecular flexibility index (Phi) is 4.34. The standard InChI is InChI=1S/C15H22N2O4/c1-8-5-11(12(6-8)15(19)20)14(18)17(4)7-13-9(2)16-21-10(13)3/h8,11-12H,5-7H2,1-4H3,(H,19,20)/t8?,11-,12+/m0/s1. The molecule has 1 saturated carbocycles. The van der Waals surface area contributed by atoms with Crippen molar-refractivity contribution in [3.8, 4) is 0 Å². The highest BCUT2D eigenvalue weighted by molar-refractivity contribution is 5.85. The zero-order valence-electron chi connectivity index (χ0n) is 12.9. The predicted molar refractivity (Wildman–Crippen MR) is 75.5 cm³/mol. The summed E-state index contributed by atoms with van der Waals surface area (Å²) in [5, 5.41) is 13.2. The van der Waals surface area contributed by atoms with E-state index in [1.165, 1.54) is 0 Å². The van der Waals surface area contributed by atoms with Gasteiger partial charge in [-0.3, -0.25) is 9.59 Å². The first-order valence-corrected chi connectivity index (χ1v) is 7.20. The highest BCUT2D eigenvalue weighted by Gasteiger charge is 2.42. The summed E-state index contributed by atoms with van der Waals surface area (Å²) < 4.78 is 5.10. The first kappa shape index (κ1) is 15.5. The number of nitrogens with zero attached hydrogens (tertiary/aromatic N) is 2. The van der Waals surface area contributed by atoms with Crippen molar-refractivity contribution in [2.75, 3.05) is 7.05 Å². The Hall–Kier alpha value is -1.85. The van der Waals surface area contributed by atoms with Crippen LogP contribution in [0, 0.1) is 31.6 Å². The molecule has 0 bridgehead atoms. The third kappa shape index (κ3) is 3.09. The van der Waals surface area contributed by atoms with E-state index in [1.807, 2.05) is 20.8 Å². The van der Waals surface area contributed by atoms with E-state index in [9.17, 15) is 14.7 Å². The molecule has 1 unspecified atom stereocenters. The smallest absolute Gasteiger partial charge is 0.307 e. The minimum absolute atomic E-state index is 0.105. The van der Waals surface area contributed by atoms with Gasteiger partial charge in [0.05, 0.1) is 24.1 Å². The van der Waals surface area contributed by atoms with Crippen LogP contribution in [0.15, 0.2) is 4.52 Å². The number of carbonyl (C=O) groups excluding carboxylic acids is 1. The average Bonchev–Trinajstić information content (AvgIpc) is 2.95. The summed E-state index contributed by atoms with van der Waals surface area (Å²) in [5.41, 5.74) is 1.66. The van der Waals surface area contributed by atoms with Gasteiger partial charge in [-0.05, 0) is 32.6 Å². The van der Waals surface area contributed by atoms with Gasteiger partial charge < -0.3 is 14.5 Å². The lowest BCUT2D eigenvalue weighted by Gasteiger charge is -2.23. The number of carbonyl (C=O) groups is 2. The summed E-state index contributed by atoms with van der Waals surface area (Å²) in [6.45, 7) is 6.04. The molecule has 3 atom stereocenters. The maximum Gasteiger partial charge on any atom is 0.307 e. The molecule has 21 heavy (non-hydrogen) atoms. The summed E-state index contributed by atoms with van der Waals surface area (Å²) in [7, 11) is 1.70. The van der Waals surface area contributed by atoms with Crippen LogP contribution in [0.3, 0.4) is 0 Å². The Morgan fingerprint density at radius 3 is 2.48 bits per heavy atom. The molecule has 1 heterocycles. The minimum Gasteiger partial charge on any atom is -0.481 e. The molecule has 0 spiro atoms. The zero-order chi connectivity index (χ0) is 15.7. The fourth-order valence-corrected chi connectivity index (χ4v) is 3.16. The molecule has 1 aliphatic rings. The van der Waals surface area contributed by atoms with Gasteiger partial charge in [-0.2, -0.15) is 0 Å². The van der Waals surface area contributed by atoms with Crippen LogP contribution < -0.4 is 0 Å². The summed E-state index contributed by atoms with van der Waals surface area (Å²) in [5.74, 6) is -1.01. The fraction of sp³-hybridized carbons (Fsp3) is 0.667.